The maximum atomic E-state index is 11.6. The summed E-state index contributed by atoms with van der Waals surface area (Å²) in [6.07, 6.45) is 2.88. The van der Waals surface area contributed by atoms with Gasteiger partial charge >= 0.3 is 11.8 Å². The molecule has 2 aromatic carbocycles. The van der Waals surface area contributed by atoms with Crippen LogP contribution in [0.3, 0.4) is 0 Å². The first-order valence-corrected chi connectivity index (χ1v) is 8.16. The number of hydrogen-bond acceptors (Lipinski definition) is 4. The van der Waals surface area contributed by atoms with E-state index in [2.05, 4.69) is 22.4 Å². The van der Waals surface area contributed by atoms with Crippen LogP contribution in [0.4, 0.5) is 0 Å². The Balaban J connectivity index is 1.96. The number of carbonyl (C=O) groups is 2. The van der Waals surface area contributed by atoms with Crippen LogP contribution < -0.4 is 15.5 Å². The number of ether oxygens (including phenoxy) is 1. The van der Waals surface area contributed by atoms with Crippen LogP contribution in [0.5, 0.6) is 5.75 Å². The Labute approximate surface area is 156 Å². The number of para-hydroxylation sites is 1. The van der Waals surface area contributed by atoms with Gasteiger partial charge < -0.3 is 10.1 Å². The number of benzene rings is 2. The van der Waals surface area contributed by atoms with Gasteiger partial charge in [-0.1, -0.05) is 41.9 Å². The normalized spacial score (nSPS) is 10.3. The summed E-state index contributed by atoms with van der Waals surface area (Å²) in [5.41, 5.74) is 3.74. The van der Waals surface area contributed by atoms with Crippen LogP contribution >= 0.6 is 11.6 Å². The highest BCUT2D eigenvalue weighted by atomic mass is 35.5. The first-order valence-electron chi connectivity index (χ1n) is 7.78. The molecule has 26 heavy (non-hydrogen) atoms. The van der Waals surface area contributed by atoms with Gasteiger partial charge in [-0.3, -0.25) is 9.59 Å². The number of amides is 2. The van der Waals surface area contributed by atoms with Gasteiger partial charge in [0.2, 0.25) is 0 Å². The molecule has 7 heteroatoms. The maximum Gasteiger partial charge on any atom is 0.329 e. The molecule has 0 fully saturated rings. The molecule has 0 radical (unpaired) electrons. The Morgan fingerprint density at radius 3 is 2.73 bits per heavy atom. The summed E-state index contributed by atoms with van der Waals surface area (Å²) in [5.74, 6) is -1.06. The topological polar surface area (TPSA) is 79.8 Å². The van der Waals surface area contributed by atoms with Gasteiger partial charge in [0.15, 0.2) is 0 Å². The van der Waals surface area contributed by atoms with Crippen molar-refractivity contribution >= 4 is 29.6 Å². The lowest BCUT2D eigenvalue weighted by molar-refractivity contribution is -0.139. The third-order valence-electron chi connectivity index (χ3n) is 3.19. The molecular weight excluding hydrogens is 354 g/mol. The van der Waals surface area contributed by atoms with E-state index in [1.807, 2.05) is 30.3 Å². The minimum atomic E-state index is -0.861. The van der Waals surface area contributed by atoms with Crippen molar-refractivity contribution in [2.75, 3.05) is 6.54 Å². The lowest BCUT2D eigenvalue weighted by atomic mass is 10.2. The second-order valence-electron chi connectivity index (χ2n) is 5.15. The van der Waals surface area contributed by atoms with E-state index in [1.165, 1.54) is 12.3 Å². The summed E-state index contributed by atoms with van der Waals surface area (Å²) in [4.78, 5) is 23.0. The minimum Gasteiger partial charge on any atom is -0.488 e. The number of nitrogens with zero attached hydrogens (tertiary/aromatic N) is 1. The Hall–Kier alpha value is -3.12. The van der Waals surface area contributed by atoms with Crippen molar-refractivity contribution in [2.45, 2.75) is 6.61 Å². The zero-order valence-corrected chi connectivity index (χ0v) is 14.7. The molecule has 0 saturated carbocycles. The van der Waals surface area contributed by atoms with Crippen LogP contribution in [-0.4, -0.2) is 24.6 Å². The largest absolute Gasteiger partial charge is 0.488 e. The van der Waals surface area contributed by atoms with Gasteiger partial charge in [0.05, 0.1) is 6.21 Å². The van der Waals surface area contributed by atoms with Crippen LogP contribution in [0.25, 0.3) is 0 Å². The minimum absolute atomic E-state index is 0.205. The maximum absolute atomic E-state index is 11.6. The third-order valence-corrected chi connectivity index (χ3v) is 3.42. The summed E-state index contributed by atoms with van der Waals surface area (Å²) >= 11 is 5.96. The van der Waals surface area contributed by atoms with E-state index in [-0.39, 0.29) is 6.54 Å². The second-order valence-corrected chi connectivity index (χ2v) is 5.59. The number of carbonyl (C=O) groups excluding carboxylic acids is 2. The summed E-state index contributed by atoms with van der Waals surface area (Å²) in [5, 5.41) is 6.78. The molecule has 0 aliphatic carbocycles. The molecule has 2 rings (SSSR count). The first-order chi connectivity index (χ1) is 12.6. The highest BCUT2D eigenvalue weighted by molar-refractivity contribution is 6.35. The van der Waals surface area contributed by atoms with Gasteiger partial charge in [0, 0.05) is 17.1 Å². The third kappa shape index (κ3) is 6.07. The molecule has 0 bridgehead atoms. The van der Waals surface area contributed by atoms with Gasteiger partial charge in [-0.25, -0.2) is 5.43 Å². The number of nitrogens with one attached hydrogen (secondary N) is 2. The summed E-state index contributed by atoms with van der Waals surface area (Å²) in [7, 11) is 0. The number of hydrogen-bond donors (Lipinski definition) is 2. The van der Waals surface area contributed by atoms with Crippen molar-refractivity contribution in [3.63, 3.8) is 0 Å². The zero-order chi connectivity index (χ0) is 18.8. The van der Waals surface area contributed by atoms with Crippen LogP contribution in [0, 0.1) is 0 Å². The highest BCUT2D eigenvalue weighted by Crippen LogP contribution is 2.18. The molecule has 134 valence electrons. The quantitative estimate of drug-likeness (QED) is 0.340. The Kier molecular flexibility index (Phi) is 7.39. The molecule has 2 aromatic rings. The molecule has 2 N–H and O–H groups in total. The molecule has 0 spiro atoms. The number of hydrazone groups is 1. The average Bonchev–Trinajstić information content (AvgIpc) is 2.65. The lowest BCUT2D eigenvalue weighted by Gasteiger charge is -2.09. The van der Waals surface area contributed by atoms with E-state index in [4.69, 9.17) is 16.3 Å². The van der Waals surface area contributed by atoms with E-state index in [0.717, 1.165) is 5.56 Å². The molecule has 0 saturated heterocycles. The van der Waals surface area contributed by atoms with E-state index in [0.29, 0.717) is 22.9 Å². The molecule has 6 nitrogen and oxygen atoms in total. The lowest BCUT2D eigenvalue weighted by Crippen LogP contribution is -2.37. The molecular formula is C19H18ClN3O3. The Bertz CT molecular complexity index is 821. The SMILES string of the molecule is C=CCNC(=O)C(=O)N/N=C\c1ccccc1OCc1cccc(Cl)c1. The Morgan fingerprint density at radius 2 is 1.96 bits per heavy atom. The van der Waals surface area contributed by atoms with Crippen LogP contribution in [0.15, 0.2) is 66.3 Å². The molecule has 0 atom stereocenters. The molecule has 0 aliphatic rings. The molecule has 0 unspecified atom stereocenters. The summed E-state index contributed by atoms with van der Waals surface area (Å²) in [6.45, 7) is 3.99. The standard InChI is InChI=1S/C19H18ClN3O3/c1-2-10-21-18(24)19(25)23-22-12-15-7-3-4-9-17(15)26-13-14-6-5-8-16(20)11-14/h2-9,11-12H,1,10,13H2,(H,21,24)(H,23,25)/b22-12-. The molecule has 0 aliphatic heterocycles. The average molecular weight is 372 g/mol. The number of rotatable bonds is 7. The monoisotopic (exact) mass is 371 g/mol. The van der Waals surface area contributed by atoms with Gasteiger partial charge in [-0.05, 0) is 29.8 Å². The first kappa shape index (κ1) is 19.2. The smallest absolute Gasteiger partial charge is 0.329 e. The van der Waals surface area contributed by atoms with Crippen molar-refractivity contribution in [2.24, 2.45) is 5.10 Å². The van der Waals surface area contributed by atoms with Crippen LogP contribution in [-0.2, 0) is 16.2 Å². The number of halogens is 1. The Morgan fingerprint density at radius 1 is 1.15 bits per heavy atom. The fourth-order valence-electron chi connectivity index (χ4n) is 1.96. The van der Waals surface area contributed by atoms with Gasteiger partial charge in [-0.2, -0.15) is 5.10 Å². The van der Waals surface area contributed by atoms with Crippen LogP contribution in [0.2, 0.25) is 5.02 Å². The van der Waals surface area contributed by atoms with Crippen molar-refractivity contribution in [1.82, 2.24) is 10.7 Å². The van der Waals surface area contributed by atoms with Gasteiger partial charge in [0.25, 0.3) is 0 Å². The van der Waals surface area contributed by atoms with E-state index < -0.39 is 11.8 Å². The van der Waals surface area contributed by atoms with Crippen molar-refractivity contribution in [1.29, 1.82) is 0 Å². The van der Waals surface area contributed by atoms with Gasteiger partial charge in [-0.15, -0.1) is 6.58 Å². The highest BCUT2D eigenvalue weighted by Gasteiger charge is 2.10. The van der Waals surface area contributed by atoms with Crippen LogP contribution in [0.1, 0.15) is 11.1 Å². The molecule has 0 heterocycles. The van der Waals surface area contributed by atoms with Crippen molar-refractivity contribution < 1.29 is 14.3 Å². The summed E-state index contributed by atoms with van der Waals surface area (Å²) in [6, 6.07) is 14.6. The van der Waals surface area contributed by atoms with Crippen molar-refractivity contribution in [3.05, 3.63) is 77.3 Å². The zero-order valence-electron chi connectivity index (χ0n) is 13.9. The van der Waals surface area contributed by atoms with Crippen molar-refractivity contribution in [3.8, 4) is 5.75 Å². The van der Waals surface area contributed by atoms with E-state index in [1.54, 1.807) is 18.2 Å². The van der Waals surface area contributed by atoms with E-state index >= 15 is 0 Å². The molecule has 0 aromatic heterocycles. The van der Waals surface area contributed by atoms with E-state index in [9.17, 15) is 9.59 Å². The fraction of sp³-hybridized carbons (Fsp3) is 0.105. The predicted molar refractivity (Wildman–Crippen MR) is 101 cm³/mol. The van der Waals surface area contributed by atoms with Gasteiger partial charge in [0.1, 0.15) is 12.4 Å². The second kappa shape index (κ2) is 10.0. The predicted octanol–water partition coefficient (Wildman–Crippen LogP) is 2.67. The molecule has 2 amide bonds. The summed E-state index contributed by atoms with van der Waals surface area (Å²) < 4.78 is 5.78. The fourth-order valence-corrected chi connectivity index (χ4v) is 2.18.